The third kappa shape index (κ3) is 4.65. The molecule has 2 heterocycles. The second kappa shape index (κ2) is 6.71. The fraction of sp³-hybridized carbons (Fsp3) is 0.833. The van der Waals surface area contributed by atoms with Gasteiger partial charge in [0.25, 0.3) is 0 Å². The maximum atomic E-state index is 11.4. The van der Waals surface area contributed by atoms with Gasteiger partial charge in [-0.3, -0.25) is 4.79 Å². The molecule has 2 rings (SSSR count). The lowest BCUT2D eigenvalue weighted by atomic mass is 10.1. The maximum absolute atomic E-state index is 11.4. The predicted molar refractivity (Wildman–Crippen MR) is 74.6 cm³/mol. The number of carbonyl (C=O) groups excluding carboxylic acids is 1. The van der Waals surface area contributed by atoms with E-state index < -0.39 is 5.79 Å². The van der Waals surface area contributed by atoms with Crippen molar-refractivity contribution in [2.45, 2.75) is 49.8 Å². The minimum absolute atomic E-state index is 0.0369. The SMILES string of the molecule is COC(=O)CC1CC(CSc2nnnn2C)OC(C)(C)O1. The standard InChI is InChI=1S/C12H20N4O4S/c1-12(2)19-8(6-10(17)18-4)5-9(20-12)7-21-11-13-14-15-16(11)3/h8-9H,5-7H2,1-4H3. The number of hydrogen-bond donors (Lipinski definition) is 0. The monoisotopic (exact) mass is 316 g/mol. The van der Waals surface area contributed by atoms with Gasteiger partial charge in [0.15, 0.2) is 5.79 Å². The number of rotatable bonds is 5. The van der Waals surface area contributed by atoms with Crippen LogP contribution < -0.4 is 0 Å². The van der Waals surface area contributed by atoms with Gasteiger partial charge in [-0.05, 0) is 24.3 Å². The molecule has 1 aliphatic heterocycles. The van der Waals surface area contributed by atoms with E-state index in [2.05, 4.69) is 15.5 Å². The van der Waals surface area contributed by atoms with Gasteiger partial charge in [0.1, 0.15) is 0 Å². The molecule has 0 saturated carbocycles. The average molecular weight is 316 g/mol. The molecule has 9 heteroatoms. The summed E-state index contributed by atoms with van der Waals surface area (Å²) in [7, 11) is 3.17. The third-order valence-corrected chi connectivity index (χ3v) is 4.17. The summed E-state index contributed by atoms with van der Waals surface area (Å²) in [5, 5.41) is 12.0. The molecule has 0 bridgehead atoms. The van der Waals surface area contributed by atoms with E-state index in [0.29, 0.717) is 12.2 Å². The molecule has 1 fully saturated rings. The highest BCUT2D eigenvalue weighted by atomic mass is 32.2. The Labute approximate surface area is 127 Å². The van der Waals surface area contributed by atoms with Crippen molar-refractivity contribution in [1.82, 2.24) is 20.2 Å². The molecule has 2 unspecified atom stereocenters. The Bertz CT molecular complexity index is 493. The molecular weight excluding hydrogens is 296 g/mol. The number of aromatic nitrogens is 4. The highest BCUT2D eigenvalue weighted by Gasteiger charge is 2.36. The molecule has 21 heavy (non-hydrogen) atoms. The molecule has 0 spiro atoms. The Hall–Kier alpha value is -1.19. The molecule has 0 radical (unpaired) electrons. The normalized spacial score (nSPS) is 24.8. The maximum Gasteiger partial charge on any atom is 0.308 e. The summed E-state index contributed by atoms with van der Waals surface area (Å²) >= 11 is 1.52. The van der Waals surface area contributed by atoms with Crippen molar-refractivity contribution in [2.75, 3.05) is 12.9 Å². The summed E-state index contributed by atoms with van der Waals surface area (Å²) in [6.07, 6.45) is 0.627. The topological polar surface area (TPSA) is 88.4 Å². The van der Waals surface area contributed by atoms with Gasteiger partial charge in [-0.1, -0.05) is 11.8 Å². The van der Waals surface area contributed by atoms with Crippen LogP contribution in [-0.2, 0) is 26.1 Å². The summed E-state index contributed by atoms with van der Waals surface area (Å²) in [5.41, 5.74) is 0. The van der Waals surface area contributed by atoms with E-state index in [1.165, 1.54) is 18.9 Å². The zero-order chi connectivity index (χ0) is 15.5. The van der Waals surface area contributed by atoms with E-state index in [-0.39, 0.29) is 24.6 Å². The predicted octanol–water partition coefficient (Wildman–Crippen LogP) is 0.775. The molecule has 1 saturated heterocycles. The first kappa shape index (κ1) is 16.2. The molecule has 0 amide bonds. The number of methoxy groups -OCH3 is 1. The van der Waals surface area contributed by atoms with E-state index in [0.717, 1.165) is 5.16 Å². The van der Waals surface area contributed by atoms with Crippen molar-refractivity contribution in [3.05, 3.63) is 0 Å². The quantitative estimate of drug-likeness (QED) is 0.581. The molecule has 1 aromatic heterocycles. The second-order valence-corrected chi connectivity index (χ2v) is 6.28. The zero-order valence-electron chi connectivity index (χ0n) is 12.6. The first-order chi connectivity index (χ1) is 9.89. The minimum atomic E-state index is -0.722. The van der Waals surface area contributed by atoms with Crippen LogP contribution in [0.15, 0.2) is 5.16 Å². The molecular formula is C12H20N4O4S. The number of hydrogen-bond acceptors (Lipinski definition) is 8. The van der Waals surface area contributed by atoms with Crippen molar-refractivity contribution in [1.29, 1.82) is 0 Å². The molecule has 0 aromatic carbocycles. The van der Waals surface area contributed by atoms with Crippen molar-refractivity contribution in [3.63, 3.8) is 0 Å². The summed E-state index contributed by atoms with van der Waals surface area (Å²) < 4.78 is 18.0. The molecule has 0 N–H and O–H groups in total. The van der Waals surface area contributed by atoms with Gasteiger partial charge in [0.05, 0.1) is 25.7 Å². The molecule has 0 aliphatic carbocycles. The summed E-state index contributed by atoms with van der Waals surface area (Å²) in [5.74, 6) is -0.305. The summed E-state index contributed by atoms with van der Waals surface area (Å²) in [6.45, 7) is 3.69. The highest BCUT2D eigenvalue weighted by Crippen LogP contribution is 2.31. The van der Waals surface area contributed by atoms with Crippen LogP contribution in [0.4, 0.5) is 0 Å². The van der Waals surface area contributed by atoms with Crippen LogP contribution >= 0.6 is 11.8 Å². The fourth-order valence-electron chi connectivity index (χ4n) is 2.23. The molecule has 2 atom stereocenters. The summed E-state index contributed by atoms with van der Waals surface area (Å²) in [6, 6.07) is 0. The lowest BCUT2D eigenvalue weighted by Gasteiger charge is -2.40. The Morgan fingerprint density at radius 2 is 2.19 bits per heavy atom. The van der Waals surface area contributed by atoms with Gasteiger partial charge in [-0.25, -0.2) is 4.68 Å². The summed E-state index contributed by atoms with van der Waals surface area (Å²) in [4.78, 5) is 11.4. The van der Waals surface area contributed by atoms with Crippen LogP contribution in [0, 0.1) is 0 Å². The van der Waals surface area contributed by atoms with Gasteiger partial charge >= 0.3 is 5.97 Å². The Morgan fingerprint density at radius 1 is 1.48 bits per heavy atom. The lowest BCUT2D eigenvalue weighted by molar-refractivity contribution is -0.295. The number of ether oxygens (including phenoxy) is 3. The van der Waals surface area contributed by atoms with Crippen molar-refractivity contribution in [2.24, 2.45) is 7.05 Å². The van der Waals surface area contributed by atoms with Gasteiger partial charge in [0.2, 0.25) is 5.16 Å². The molecule has 1 aliphatic rings. The third-order valence-electron chi connectivity index (χ3n) is 3.03. The van der Waals surface area contributed by atoms with Gasteiger partial charge < -0.3 is 14.2 Å². The van der Waals surface area contributed by atoms with Crippen molar-refractivity contribution in [3.8, 4) is 0 Å². The number of aryl methyl sites for hydroxylation is 1. The molecule has 1 aromatic rings. The number of thioether (sulfide) groups is 1. The first-order valence-corrected chi connectivity index (χ1v) is 7.66. The van der Waals surface area contributed by atoms with Crippen LogP contribution in [0.3, 0.4) is 0 Å². The first-order valence-electron chi connectivity index (χ1n) is 6.67. The van der Waals surface area contributed by atoms with Gasteiger partial charge in [-0.2, -0.15) is 0 Å². The van der Waals surface area contributed by atoms with Crippen molar-refractivity contribution >= 4 is 17.7 Å². The van der Waals surface area contributed by atoms with Gasteiger partial charge in [0, 0.05) is 19.2 Å². The minimum Gasteiger partial charge on any atom is -0.469 e. The lowest BCUT2D eigenvalue weighted by Crippen LogP contribution is -2.46. The van der Waals surface area contributed by atoms with Crippen LogP contribution in [-0.4, -0.2) is 57.0 Å². The largest absolute Gasteiger partial charge is 0.469 e. The van der Waals surface area contributed by atoms with E-state index in [9.17, 15) is 4.79 Å². The number of esters is 1. The molecule has 8 nitrogen and oxygen atoms in total. The number of nitrogens with zero attached hydrogens (tertiary/aromatic N) is 4. The fourth-order valence-corrected chi connectivity index (χ4v) is 3.08. The van der Waals surface area contributed by atoms with Crippen LogP contribution in [0.5, 0.6) is 0 Å². The smallest absolute Gasteiger partial charge is 0.308 e. The van der Waals surface area contributed by atoms with E-state index in [1.807, 2.05) is 13.8 Å². The second-order valence-electron chi connectivity index (χ2n) is 5.29. The van der Waals surface area contributed by atoms with E-state index in [4.69, 9.17) is 14.2 Å². The van der Waals surface area contributed by atoms with Gasteiger partial charge in [-0.15, -0.1) is 5.10 Å². The Morgan fingerprint density at radius 3 is 2.81 bits per heavy atom. The average Bonchev–Trinajstić information content (AvgIpc) is 2.80. The molecule has 118 valence electrons. The van der Waals surface area contributed by atoms with E-state index in [1.54, 1.807) is 11.7 Å². The van der Waals surface area contributed by atoms with Crippen LogP contribution in [0.2, 0.25) is 0 Å². The number of tetrazole rings is 1. The zero-order valence-corrected chi connectivity index (χ0v) is 13.4. The van der Waals surface area contributed by atoms with E-state index >= 15 is 0 Å². The van der Waals surface area contributed by atoms with Crippen LogP contribution in [0.25, 0.3) is 0 Å². The Kier molecular flexibility index (Phi) is 5.17. The van der Waals surface area contributed by atoms with Crippen molar-refractivity contribution < 1.29 is 19.0 Å². The Balaban J connectivity index is 1.92. The number of carbonyl (C=O) groups is 1. The highest BCUT2D eigenvalue weighted by molar-refractivity contribution is 7.99. The van der Waals surface area contributed by atoms with Crippen LogP contribution in [0.1, 0.15) is 26.7 Å².